The van der Waals surface area contributed by atoms with Crippen LogP contribution >= 0.6 is 11.6 Å². The molecule has 0 fully saturated rings. The summed E-state index contributed by atoms with van der Waals surface area (Å²) in [7, 11) is 0. The van der Waals surface area contributed by atoms with Gasteiger partial charge in [0.2, 0.25) is 5.91 Å². The van der Waals surface area contributed by atoms with Crippen LogP contribution in [0.15, 0.2) is 42.5 Å². The maximum atomic E-state index is 11.4. The quantitative estimate of drug-likeness (QED) is 0.792. The lowest BCUT2D eigenvalue weighted by Crippen LogP contribution is -2.20. The monoisotopic (exact) mass is 233 g/mol. The summed E-state index contributed by atoms with van der Waals surface area (Å²) >= 11 is 5.68. The zero-order valence-electron chi connectivity index (χ0n) is 8.91. The van der Waals surface area contributed by atoms with Crippen LogP contribution in [0.5, 0.6) is 0 Å². The lowest BCUT2D eigenvalue weighted by atomic mass is 10.1. The molecule has 0 spiro atoms. The summed E-state index contributed by atoms with van der Waals surface area (Å²) in [5.41, 5.74) is 0.774. The van der Waals surface area contributed by atoms with E-state index in [9.17, 15) is 4.79 Å². The number of rotatable bonds is 2. The van der Waals surface area contributed by atoms with Gasteiger partial charge in [-0.15, -0.1) is 11.6 Å². The summed E-state index contributed by atoms with van der Waals surface area (Å²) < 4.78 is 0. The number of nitrogens with one attached hydrogen (secondary N) is 1. The van der Waals surface area contributed by atoms with E-state index in [0.717, 1.165) is 16.5 Å². The first-order valence-electron chi connectivity index (χ1n) is 5.10. The summed E-state index contributed by atoms with van der Waals surface area (Å²) in [6, 6.07) is 13.8. The van der Waals surface area contributed by atoms with Gasteiger partial charge in [-0.1, -0.05) is 30.3 Å². The zero-order valence-corrected chi connectivity index (χ0v) is 9.66. The van der Waals surface area contributed by atoms with Gasteiger partial charge in [0.25, 0.3) is 0 Å². The highest BCUT2D eigenvalue weighted by atomic mass is 35.5. The molecule has 2 rings (SSSR count). The number of halogens is 1. The Morgan fingerprint density at radius 3 is 2.56 bits per heavy atom. The topological polar surface area (TPSA) is 29.1 Å². The minimum Gasteiger partial charge on any atom is -0.325 e. The minimum atomic E-state index is -0.522. The van der Waals surface area contributed by atoms with Gasteiger partial charge in [0, 0.05) is 5.69 Å². The van der Waals surface area contributed by atoms with Crippen molar-refractivity contribution in [1.29, 1.82) is 0 Å². The standard InChI is InChI=1S/C13H12ClNO/c1-9(14)13(16)15-12-7-6-10-4-2-3-5-11(10)8-12/h2-9H,1H3,(H,15,16)/t9-/m1/s1. The Hall–Kier alpha value is -1.54. The smallest absolute Gasteiger partial charge is 0.242 e. The SMILES string of the molecule is C[C@@H](Cl)C(=O)Nc1ccc2ccccc2c1. The number of hydrogen-bond donors (Lipinski definition) is 1. The molecule has 0 radical (unpaired) electrons. The molecule has 1 amide bonds. The van der Waals surface area contributed by atoms with E-state index in [1.165, 1.54) is 0 Å². The van der Waals surface area contributed by atoms with Crippen molar-refractivity contribution < 1.29 is 4.79 Å². The molecule has 0 aliphatic rings. The number of alkyl halides is 1. The normalized spacial score (nSPS) is 12.4. The van der Waals surface area contributed by atoms with Crippen molar-refractivity contribution in [2.45, 2.75) is 12.3 Å². The summed E-state index contributed by atoms with van der Waals surface area (Å²) in [5.74, 6) is -0.183. The Labute approximate surface area is 99.2 Å². The Morgan fingerprint density at radius 1 is 1.19 bits per heavy atom. The molecule has 82 valence electrons. The first kappa shape index (κ1) is 11.0. The van der Waals surface area contributed by atoms with E-state index in [1.54, 1.807) is 6.92 Å². The van der Waals surface area contributed by atoms with E-state index in [1.807, 2.05) is 42.5 Å². The average Bonchev–Trinajstić information content (AvgIpc) is 2.28. The van der Waals surface area contributed by atoms with Crippen molar-refractivity contribution in [3.8, 4) is 0 Å². The van der Waals surface area contributed by atoms with E-state index in [2.05, 4.69) is 5.32 Å². The largest absolute Gasteiger partial charge is 0.325 e. The van der Waals surface area contributed by atoms with Crippen molar-refractivity contribution >= 4 is 34.0 Å². The third-order valence-corrected chi connectivity index (χ3v) is 2.58. The van der Waals surface area contributed by atoms with Gasteiger partial charge in [-0.05, 0) is 29.8 Å². The van der Waals surface area contributed by atoms with Crippen LogP contribution in [0.3, 0.4) is 0 Å². The van der Waals surface area contributed by atoms with E-state index in [0.29, 0.717) is 0 Å². The van der Waals surface area contributed by atoms with Gasteiger partial charge in [0.05, 0.1) is 0 Å². The number of benzene rings is 2. The van der Waals surface area contributed by atoms with Crippen molar-refractivity contribution in [3.05, 3.63) is 42.5 Å². The van der Waals surface area contributed by atoms with Gasteiger partial charge in [-0.25, -0.2) is 0 Å². The fourth-order valence-corrected chi connectivity index (χ4v) is 1.56. The number of carbonyl (C=O) groups is 1. The van der Waals surface area contributed by atoms with Crippen molar-refractivity contribution in [2.75, 3.05) is 5.32 Å². The van der Waals surface area contributed by atoms with Crippen LogP contribution in [-0.4, -0.2) is 11.3 Å². The molecular weight excluding hydrogens is 222 g/mol. The van der Waals surface area contributed by atoms with Gasteiger partial charge in [-0.3, -0.25) is 4.79 Å². The van der Waals surface area contributed by atoms with E-state index < -0.39 is 5.38 Å². The fraction of sp³-hybridized carbons (Fsp3) is 0.154. The molecule has 3 heteroatoms. The molecule has 1 N–H and O–H groups in total. The predicted octanol–water partition coefficient (Wildman–Crippen LogP) is 3.41. The van der Waals surface area contributed by atoms with Crippen LogP contribution in [0.25, 0.3) is 10.8 Å². The Bertz CT molecular complexity index is 522. The molecule has 0 heterocycles. The van der Waals surface area contributed by atoms with Gasteiger partial charge in [0.1, 0.15) is 5.38 Å². The summed E-state index contributed by atoms with van der Waals surface area (Å²) in [6.07, 6.45) is 0. The van der Waals surface area contributed by atoms with Crippen LogP contribution in [0.4, 0.5) is 5.69 Å². The molecule has 1 atom stereocenters. The molecule has 0 aliphatic heterocycles. The molecule has 0 bridgehead atoms. The number of fused-ring (bicyclic) bond motifs is 1. The minimum absolute atomic E-state index is 0.183. The van der Waals surface area contributed by atoms with E-state index in [4.69, 9.17) is 11.6 Å². The van der Waals surface area contributed by atoms with Crippen molar-refractivity contribution in [2.24, 2.45) is 0 Å². The zero-order chi connectivity index (χ0) is 11.5. The molecule has 0 saturated heterocycles. The summed E-state index contributed by atoms with van der Waals surface area (Å²) in [4.78, 5) is 11.4. The van der Waals surface area contributed by atoms with Gasteiger partial charge in [0.15, 0.2) is 0 Å². The Balaban J connectivity index is 2.29. The van der Waals surface area contributed by atoms with E-state index in [-0.39, 0.29) is 5.91 Å². The highest BCUT2D eigenvalue weighted by Gasteiger charge is 2.08. The molecular formula is C13H12ClNO. The molecule has 0 saturated carbocycles. The van der Waals surface area contributed by atoms with Crippen molar-refractivity contribution in [3.63, 3.8) is 0 Å². The second-order valence-electron chi connectivity index (χ2n) is 3.67. The molecule has 2 aromatic rings. The number of hydrogen-bond acceptors (Lipinski definition) is 1. The third-order valence-electron chi connectivity index (χ3n) is 2.38. The highest BCUT2D eigenvalue weighted by Crippen LogP contribution is 2.19. The first-order chi connectivity index (χ1) is 7.66. The second kappa shape index (κ2) is 4.54. The molecule has 0 aliphatic carbocycles. The molecule has 2 nitrogen and oxygen atoms in total. The average molecular weight is 234 g/mol. The van der Waals surface area contributed by atoms with E-state index >= 15 is 0 Å². The van der Waals surface area contributed by atoms with Gasteiger partial charge in [-0.2, -0.15) is 0 Å². The molecule has 0 aromatic heterocycles. The molecule has 2 aromatic carbocycles. The third kappa shape index (κ3) is 2.34. The van der Waals surface area contributed by atoms with Crippen molar-refractivity contribution in [1.82, 2.24) is 0 Å². The van der Waals surface area contributed by atoms with Crippen LogP contribution in [0.1, 0.15) is 6.92 Å². The lowest BCUT2D eigenvalue weighted by Gasteiger charge is -2.07. The van der Waals surface area contributed by atoms with Crippen LogP contribution in [0, 0.1) is 0 Å². The van der Waals surface area contributed by atoms with Crippen LogP contribution in [0.2, 0.25) is 0 Å². The number of amides is 1. The second-order valence-corrected chi connectivity index (χ2v) is 4.32. The van der Waals surface area contributed by atoms with Gasteiger partial charge >= 0.3 is 0 Å². The maximum absolute atomic E-state index is 11.4. The molecule has 0 unspecified atom stereocenters. The van der Waals surface area contributed by atoms with Crippen LogP contribution < -0.4 is 5.32 Å². The Kier molecular flexibility index (Phi) is 3.11. The Morgan fingerprint density at radius 2 is 1.88 bits per heavy atom. The van der Waals surface area contributed by atoms with Crippen LogP contribution in [-0.2, 0) is 4.79 Å². The summed E-state index contributed by atoms with van der Waals surface area (Å²) in [5, 5.41) is 4.49. The lowest BCUT2D eigenvalue weighted by molar-refractivity contribution is -0.115. The van der Waals surface area contributed by atoms with Gasteiger partial charge < -0.3 is 5.32 Å². The number of carbonyl (C=O) groups excluding carboxylic acids is 1. The predicted molar refractivity (Wildman–Crippen MR) is 67.9 cm³/mol. The summed E-state index contributed by atoms with van der Waals surface area (Å²) in [6.45, 7) is 1.65. The maximum Gasteiger partial charge on any atom is 0.242 e. The number of anilines is 1. The first-order valence-corrected chi connectivity index (χ1v) is 5.54. The fourth-order valence-electron chi connectivity index (χ4n) is 1.51. The molecule has 16 heavy (non-hydrogen) atoms. The highest BCUT2D eigenvalue weighted by molar-refractivity contribution is 6.32.